The van der Waals surface area contributed by atoms with Crippen LogP contribution in [-0.2, 0) is 0 Å². The molecule has 1 aromatic carbocycles. The smallest absolute Gasteiger partial charge is 0.255 e. The summed E-state index contributed by atoms with van der Waals surface area (Å²) in [6.45, 7) is 3.88. The molecule has 0 saturated carbocycles. The summed E-state index contributed by atoms with van der Waals surface area (Å²) in [6.07, 6.45) is 0.892. The predicted molar refractivity (Wildman–Crippen MR) is 80.7 cm³/mol. The number of amides is 1. The Morgan fingerprint density at radius 3 is 2.74 bits per heavy atom. The molecule has 108 valence electrons. The van der Waals surface area contributed by atoms with Crippen LogP contribution in [0.2, 0.25) is 5.02 Å². The monoisotopic (exact) mass is 306 g/mol. The van der Waals surface area contributed by atoms with Gasteiger partial charge in [-0.3, -0.25) is 4.79 Å². The molecule has 2 N–H and O–H groups in total. The lowest BCUT2D eigenvalue weighted by Gasteiger charge is -2.11. The molecule has 6 heteroatoms. The second-order valence-corrected chi connectivity index (χ2v) is 4.28. The number of carbonyl (C=O) groups excluding carboxylic acids is 1. The van der Waals surface area contributed by atoms with Crippen molar-refractivity contribution in [1.29, 1.82) is 0 Å². The number of halogens is 2. The topological polar surface area (TPSA) is 50.4 Å². The summed E-state index contributed by atoms with van der Waals surface area (Å²) >= 11 is 5.91. The van der Waals surface area contributed by atoms with Gasteiger partial charge in [-0.15, -0.1) is 12.4 Å². The van der Waals surface area contributed by atoms with E-state index in [2.05, 4.69) is 10.6 Å². The highest BCUT2D eigenvalue weighted by Crippen LogP contribution is 2.23. The zero-order valence-corrected chi connectivity index (χ0v) is 12.7. The van der Waals surface area contributed by atoms with Gasteiger partial charge in [0.15, 0.2) is 0 Å². The Balaban J connectivity index is 0.00000324. The number of rotatable bonds is 7. The third kappa shape index (κ3) is 6.14. The minimum atomic E-state index is -0.168. The molecule has 0 aliphatic heterocycles. The number of ether oxygens (including phenoxy) is 1. The highest BCUT2D eigenvalue weighted by atomic mass is 35.5. The fourth-order valence-corrected chi connectivity index (χ4v) is 1.59. The molecule has 0 bridgehead atoms. The summed E-state index contributed by atoms with van der Waals surface area (Å²) in [5.74, 6) is 0.405. The SMILES string of the molecule is CCCOc1ccc(Cl)cc1C(=O)NCCNC.Cl. The maximum atomic E-state index is 12.0. The lowest BCUT2D eigenvalue weighted by atomic mass is 10.2. The van der Waals surface area contributed by atoms with Crippen molar-refractivity contribution in [1.82, 2.24) is 10.6 Å². The maximum Gasteiger partial charge on any atom is 0.255 e. The Labute approximate surface area is 125 Å². The van der Waals surface area contributed by atoms with E-state index in [1.165, 1.54) is 0 Å². The summed E-state index contributed by atoms with van der Waals surface area (Å²) in [5, 5.41) is 6.29. The van der Waals surface area contributed by atoms with Crippen molar-refractivity contribution in [2.45, 2.75) is 13.3 Å². The quantitative estimate of drug-likeness (QED) is 0.761. The molecule has 0 saturated heterocycles. The highest BCUT2D eigenvalue weighted by molar-refractivity contribution is 6.31. The summed E-state index contributed by atoms with van der Waals surface area (Å²) in [5.41, 5.74) is 0.479. The molecular formula is C13H20Cl2N2O2. The molecule has 19 heavy (non-hydrogen) atoms. The average Bonchev–Trinajstić information content (AvgIpc) is 2.37. The normalized spacial score (nSPS) is 9.63. The van der Waals surface area contributed by atoms with E-state index in [0.717, 1.165) is 13.0 Å². The summed E-state index contributed by atoms with van der Waals surface area (Å²) in [7, 11) is 1.83. The molecule has 0 unspecified atom stereocenters. The number of likely N-dealkylation sites (N-methyl/N-ethyl adjacent to an activating group) is 1. The van der Waals surface area contributed by atoms with E-state index in [-0.39, 0.29) is 18.3 Å². The first-order valence-corrected chi connectivity index (χ1v) is 6.42. The van der Waals surface area contributed by atoms with Gasteiger partial charge in [0.2, 0.25) is 0 Å². The Morgan fingerprint density at radius 2 is 2.11 bits per heavy atom. The third-order valence-corrected chi connectivity index (χ3v) is 2.54. The van der Waals surface area contributed by atoms with Gasteiger partial charge in [-0.05, 0) is 31.7 Å². The predicted octanol–water partition coefficient (Wildman–Crippen LogP) is 2.50. The Kier molecular flexibility index (Phi) is 9.39. The molecule has 1 aromatic rings. The van der Waals surface area contributed by atoms with Crippen LogP contribution >= 0.6 is 24.0 Å². The van der Waals surface area contributed by atoms with E-state index in [4.69, 9.17) is 16.3 Å². The second kappa shape index (κ2) is 9.89. The summed E-state index contributed by atoms with van der Waals surface area (Å²) < 4.78 is 5.53. The number of carbonyl (C=O) groups is 1. The molecule has 0 atom stereocenters. The summed E-state index contributed by atoms with van der Waals surface area (Å²) in [4.78, 5) is 12.0. The first kappa shape index (κ1) is 18.0. The van der Waals surface area contributed by atoms with Crippen molar-refractivity contribution in [2.24, 2.45) is 0 Å². The fraction of sp³-hybridized carbons (Fsp3) is 0.462. The molecule has 0 heterocycles. The van der Waals surface area contributed by atoms with Crippen molar-refractivity contribution in [3.63, 3.8) is 0 Å². The standard InChI is InChI=1S/C13H19ClN2O2.ClH/c1-3-8-18-12-5-4-10(14)9-11(12)13(17)16-7-6-15-2;/h4-5,9,15H,3,6-8H2,1-2H3,(H,16,17);1H. The van der Waals surface area contributed by atoms with Crippen molar-refractivity contribution < 1.29 is 9.53 Å². The largest absolute Gasteiger partial charge is 0.493 e. The van der Waals surface area contributed by atoms with Gasteiger partial charge in [0.1, 0.15) is 5.75 Å². The lowest BCUT2D eigenvalue weighted by molar-refractivity contribution is 0.0950. The van der Waals surface area contributed by atoms with Crippen LogP contribution in [0.4, 0.5) is 0 Å². The van der Waals surface area contributed by atoms with Crippen molar-refractivity contribution in [2.75, 3.05) is 26.7 Å². The lowest BCUT2D eigenvalue weighted by Crippen LogP contribution is -2.30. The fourth-order valence-electron chi connectivity index (χ4n) is 1.41. The Bertz CT molecular complexity index is 400. The van der Waals surface area contributed by atoms with E-state index in [1.807, 2.05) is 14.0 Å². The molecule has 0 fully saturated rings. The van der Waals surface area contributed by atoms with E-state index in [1.54, 1.807) is 18.2 Å². The maximum absolute atomic E-state index is 12.0. The highest BCUT2D eigenvalue weighted by Gasteiger charge is 2.12. The molecule has 1 amide bonds. The van der Waals surface area contributed by atoms with Crippen LogP contribution in [0.5, 0.6) is 5.75 Å². The average molecular weight is 307 g/mol. The number of hydrogen-bond donors (Lipinski definition) is 2. The van der Waals surface area contributed by atoms with Gasteiger partial charge in [0, 0.05) is 18.1 Å². The Hall–Kier alpha value is -0.970. The molecule has 4 nitrogen and oxygen atoms in total. The molecule has 0 aromatic heterocycles. The first-order valence-electron chi connectivity index (χ1n) is 6.04. The van der Waals surface area contributed by atoms with E-state index in [9.17, 15) is 4.79 Å². The van der Waals surface area contributed by atoms with Gasteiger partial charge in [0.25, 0.3) is 5.91 Å². The zero-order valence-electron chi connectivity index (χ0n) is 11.2. The Morgan fingerprint density at radius 1 is 1.37 bits per heavy atom. The van der Waals surface area contributed by atoms with Crippen LogP contribution in [0, 0.1) is 0 Å². The molecule has 0 aliphatic carbocycles. The van der Waals surface area contributed by atoms with Gasteiger partial charge in [0.05, 0.1) is 12.2 Å². The van der Waals surface area contributed by atoms with Crippen LogP contribution in [0.15, 0.2) is 18.2 Å². The zero-order chi connectivity index (χ0) is 13.4. The van der Waals surface area contributed by atoms with E-state index in [0.29, 0.717) is 29.5 Å². The van der Waals surface area contributed by atoms with Crippen LogP contribution in [-0.4, -0.2) is 32.7 Å². The van der Waals surface area contributed by atoms with Gasteiger partial charge in [-0.25, -0.2) is 0 Å². The molecule has 0 spiro atoms. The van der Waals surface area contributed by atoms with Gasteiger partial charge >= 0.3 is 0 Å². The van der Waals surface area contributed by atoms with Gasteiger partial charge in [-0.1, -0.05) is 18.5 Å². The van der Waals surface area contributed by atoms with Crippen LogP contribution in [0.3, 0.4) is 0 Å². The first-order chi connectivity index (χ1) is 8.69. The number of benzene rings is 1. The second-order valence-electron chi connectivity index (χ2n) is 3.85. The molecule has 1 rings (SSSR count). The minimum absolute atomic E-state index is 0. The molecular weight excluding hydrogens is 287 g/mol. The van der Waals surface area contributed by atoms with Crippen molar-refractivity contribution in [3.05, 3.63) is 28.8 Å². The molecule has 0 radical (unpaired) electrons. The van der Waals surface area contributed by atoms with Gasteiger partial charge in [-0.2, -0.15) is 0 Å². The molecule has 0 aliphatic rings. The van der Waals surface area contributed by atoms with E-state index < -0.39 is 0 Å². The van der Waals surface area contributed by atoms with Gasteiger partial charge < -0.3 is 15.4 Å². The summed E-state index contributed by atoms with van der Waals surface area (Å²) in [6, 6.07) is 5.07. The minimum Gasteiger partial charge on any atom is -0.493 e. The number of hydrogen-bond acceptors (Lipinski definition) is 3. The third-order valence-electron chi connectivity index (χ3n) is 2.31. The van der Waals surface area contributed by atoms with Crippen LogP contribution in [0.25, 0.3) is 0 Å². The van der Waals surface area contributed by atoms with E-state index >= 15 is 0 Å². The van der Waals surface area contributed by atoms with Crippen LogP contribution in [0.1, 0.15) is 23.7 Å². The van der Waals surface area contributed by atoms with Crippen molar-refractivity contribution >= 4 is 29.9 Å². The van der Waals surface area contributed by atoms with Crippen molar-refractivity contribution in [3.8, 4) is 5.75 Å². The number of nitrogens with one attached hydrogen (secondary N) is 2. The van der Waals surface area contributed by atoms with Crippen LogP contribution < -0.4 is 15.4 Å².